The summed E-state index contributed by atoms with van der Waals surface area (Å²) < 4.78 is 28.6. The Hall–Kier alpha value is -0.700. The van der Waals surface area contributed by atoms with Gasteiger partial charge in [-0.25, -0.2) is 8.42 Å². The van der Waals surface area contributed by atoms with Gasteiger partial charge < -0.3 is 14.9 Å². The van der Waals surface area contributed by atoms with Crippen molar-refractivity contribution in [2.75, 3.05) is 38.7 Å². The van der Waals surface area contributed by atoms with Crippen LogP contribution in [-0.4, -0.2) is 67.6 Å². The molecule has 0 aromatic heterocycles. The number of aliphatic hydroxyl groups excluding tert-OH is 2. The highest BCUT2D eigenvalue weighted by Gasteiger charge is 2.25. The van der Waals surface area contributed by atoms with Gasteiger partial charge in [-0.2, -0.15) is 4.31 Å². The molecule has 0 radical (unpaired) electrons. The van der Waals surface area contributed by atoms with Crippen LogP contribution >= 0.6 is 0 Å². The highest BCUT2D eigenvalue weighted by molar-refractivity contribution is 7.89. The molecule has 0 atom stereocenters. The lowest BCUT2D eigenvalue weighted by Gasteiger charge is -2.19. The number of rotatable bonds is 8. The van der Waals surface area contributed by atoms with Gasteiger partial charge in [0.1, 0.15) is 0 Å². The van der Waals surface area contributed by atoms with Crippen LogP contribution in [-0.2, 0) is 19.6 Å². The van der Waals surface area contributed by atoms with E-state index in [1.54, 1.807) is 6.92 Å². The zero-order valence-corrected chi connectivity index (χ0v) is 9.94. The molecule has 0 spiro atoms. The van der Waals surface area contributed by atoms with E-state index >= 15 is 0 Å². The summed E-state index contributed by atoms with van der Waals surface area (Å²) in [5, 5.41) is 17.3. The number of sulfonamides is 1. The molecule has 0 aromatic carbocycles. The van der Waals surface area contributed by atoms with E-state index in [1.807, 2.05) is 0 Å². The van der Waals surface area contributed by atoms with Crippen molar-refractivity contribution in [3.05, 3.63) is 0 Å². The first kappa shape index (κ1) is 15.3. The number of aliphatic hydroxyl groups is 2. The normalized spacial score (nSPS) is 11.8. The molecule has 0 rings (SSSR count). The van der Waals surface area contributed by atoms with Crippen LogP contribution in [0.5, 0.6) is 0 Å². The minimum absolute atomic E-state index is 0.106. The largest absolute Gasteiger partial charge is 0.465 e. The summed E-state index contributed by atoms with van der Waals surface area (Å²) in [6.45, 7) is 0.632. The fourth-order valence-electron chi connectivity index (χ4n) is 1.06. The first-order chi connectivity index (χ1) is 7.47. The molecule has 0 aliphatic heterocycles. The quantitative estimate of drug-likeness (QED) is 0.494. The molecule has 96 valence electrons. The first-order valence-electron chi connectivity index (χ1n) is 4.83. The number of esters is 1. The Morgan fingerprint density at radius 1 is 1.25 bits per heavy atom. The maximum atomic E-state index is 11.6. The predicted molar refractivity (Wildman–Crippen MR) is 56.2 cm³/mol. The number of hydrogen-bond donors (Lipinski definition) is 2. The molecule has 0 saturated heterocycles. The molecule has 0 aliphatic rings. The minimum Gasteiger partial charge on any atom is -0.465 e. The molecule has 0 amide bonds. The SMILES string of the molecule is CCOC(=O)CS(=O)(=O)N(CCO)CCO. The Morgan fingerprint density at radius 3 is 2.12 bits per heavy atom. The van der Waals surface area contributed by atoms with Gasteiger partial charge in [0.15, 0.2) is 5.75 Å². The number of ether oxygens (including phenoxy) is 1. The predicted octanol–water partition coefficient (Wildman–Crippen LogP) is -1.83. The van der Waals surface area contributed by atoms with E-state index in [4.69, 9.17) is 10.2 Å². The van der Waals surface area contributed by atoms with Crippen LogP contribution in [0.4, 0.5) is 0 Å². The average molecular weight is 255 g/mol. The lowest BCUT2D eigenvalue weighted by Crippen LogP contribution is -2.39. The van der Waals surface area contributed by atoms with Crippen molar-refractivity contribution >= 4 is 16.0 Å². The van der Waals surface area contributed by atoms with E-state index in [0.29, 0.717) is 0 Å². The minimum atomic E-state index is -3.83. The molecule has 0 fully saturated rings. The monoisotopic (exact) mass is 255 g/mol. The van der Waals surface area contributed by atoms with Crippen LogP contribution in [0.15, 0.2) is 0 Å². The highest BCUT2D eigenvalue weighted by atomic mass is 32.2. The topological polar surface area (TPSA) is 104 Å². The van der Waals surface area contributed by atoms with Crippen molar-refractivity contribution in [3.63, 3.8) is 0 Å². The van der Waals surface area contributed by atoms with Crippen LogP contribution < -0.4 is 0 Å². The Kier molecular flexibility index (Phi) is 7.22. The van der Waals surface area contributed by atoms with E-state index in [0.717, 1.165) is 4.31 Å². The zero-order chi connectivity index (χ0) is 12.6. The molecule has 8 heteroatoms. The Labute approximate surface area is 94.7 Å². The molecule has 7 nitrogen and oxygen atoms in total. The maximum Gasteiger partial charge on any atom is 0.322 e. The Morgan fingerprint density at radius 2 is 1.75 bits per heavy atom. The summed E-state index contributed by atoms with van der Waals surface area (Å²) in [6.07, 6.45) is 0. The maximum absolute atomic E-state index is 11.6. The molecule has 0 aliphatic carbocycles. The second-order valence-corrected chi connectivity index (χ2v) is 4.88. The van der Waals surface area contributed by atoms with E-state index in [2.05, 4.69) is 4.74 Å². The van der Waals surface area contributed by atoms with Crippen molar-refractivity contribution in [2.24, 2.45) is 0 Å². The first-order valence-corrected chi connectivity index (χ1v) is 6.44. The highest BCUT2D eigenvalue weighted by Crippen LogP contribution is 2.01. The molecule has 0 saturated carbocycles. The summed E-state index contributed by atoms with van der Waals surface area (Å²) in [6, 6.07) is 0. The zero-order valence-electron chi connectivity index (χ0n) is 9.13. The third-order valence-electron chi connectivity index (χ3n) is 1.70. The second kappa shape index (κ2) is 7.55. The van der Waals surface area contributed by atoms with Gasteiger partial charge >= 0.3 is 5.97 Å². The van der Waals surface area contributed by atoms with Crippen molar-refractivity contribution in [3.8, 4) is 0 Å². The van der Waals surface area contributed by atoms with E-state index in [-0.39, 0.29) is 32.9 Å². The Balaban J connectivity index is 4.52. The third kappa shape index (κ3) is 5.40. The molecular weight excluding hydrogens is 238 g/mol. The van der Waals surface area contributed by atoms with Gasteiger partial charge in [-0.05, 0) is 6.92 Å². The molecule has 0 heterocycles. The van der Waals surface area contributed by atoms with E-state index in [9.17, 15) is 13.2 Å². The molecule has 16 heavy (non-hydrogen) atoms. The lowest BCUT2D eigenvalue weighted by molar-refractivity contribution is -0.140. The van der Waals surface area contributed by atoms with E-state index < -0.39 is 21.7 Å². The van der Waals surface area contributed by atoms with Gasteiger partial charge in [0.05, 0.1) is 19.8 Å². The fraction of sp³-hybridized carbons (Fsp3) is 0.875. The van der Waals surface area contributed by atoms with Gasteiger partial charge in [0, 0.05) is 13.1 Å². The smallest absolute Gasteiger partial charge is 0.322 e. The lowest BCUT2D eigenvalue weighted by atomic mass is 10.6. The molecule has 0 bridgehead atoms. The van der Waals surface area contributed by atoms with Gasteiger partial charge in [0.25, 0.3) is 0 Å². The van der Waals surface area contributed by atoms with Gasteiger partial charge in [0.2, 0.25) is 10.0 Å². The van der Waals surface area contributed by atoms with Crippen LogP contribution in [0, 0.1) is 0 Å². The summed E-state index contributed by atoms with van der Waals surface area (Å²) in [7, 11) is -3.83. The third-order valence-corrected chi connectivity index (χ3v) is 3.45. The second-order valence-electron chi connectivity index (χ2n) is 2.91. The number of hydrogen-bond acceptors (Lipinski definition) is 6. The summed E-state index contributed by atoms with van der Waals surface area (Å²) >= 11 is 0. The summed E-state index contributed by atoms with van der Waals surface area (Å²) in [4.78, 5) is 11.0. The van der Waals surface area contributed by atoms with Crippen molar-refractivity contribution < 1.29 is 28.2 Å². The van der Waals surface area contributed by atoms with Gasteiger partial charge in [-0.1, -0.05) is 0 Å². The molecule has 0 aromatic rings. The van der Waals surface area contributed by atoms with Gasteiger partial charge in [-0.15, -0.1) is 0 Å². The van der Waals surface area contributed by atoms with E-state index in [1.165, 1.54) is 0 Å². The molecular formula is C8H17NO6S. The summed E-state index contributed by atoms with van der Waals surface area (Å²) in [5.74, 6) is -1.62. The van der Waals surface area contributed by atoms with Crippen LogP contribution in [0.25, 0.3) is 0 Å². The Bertz CT molecular complexity index is 296. The number of nitrogens with zero attached hydrogens (tertiary/aromatic N) is 1. The number of carbonyl (C=O) groups excluding carboxylic acids is 1. The van der Waals surface area contributed by atoms with Crippen LogP contribution in [0.2, 0.25) is 0 Å². The number of carbonyl (C=O) groups is 1. The standard InChI is InChI=1S/C8H17NO6S/c1-2-15-8(12)7-16(13,14)9(3-5-10)4-6-11/h10-11H,2-7H2,1H3. The van der Waals surface area contributed by atoms with Crippen LogP contribution in [0.3, 0.4) is 0 Å². The average Bonchev–Trinajstić information content (AvgIpc) is 2.17. The van der Waals surface area contributed by atoms with Crippen molar-refractivity contribution in [2.45, 2.75) is 6.92 Å². The molecule has 0 unspecified atom stereocenters. The van der Waals surface area contributed by atoms with Crippen LogP contribution in [0.1, 0.15) is 6.92 Å². The van der Waals surface area contributed by atoms with Crippen molar-refractivity contribution in [1.82, 2.24) is 4.31 Å². The molecule has 2 N–H and O–H groups in total. The van der Waals surface area contributed by atoms with Gasteiger partial charge in [-0.3, -0.25) is 4.79 Å². The fourth-order valence-corrected chi connectivity index (χ4v) is 2.34. The van der Waals surface area contributed by atoms with Crippen molar-refractivity contribution in [1.29, 1.82) is 0 Å². The summed E-state index contributed by atoms with van der Waals surface area (Å²) in [5.41, 5.74) is 0.